The fourth-order valence-corrected chi connectivity index (χ4v) is 4.09. The first-order valence-corrected chi connectivity index (χ1v) is 10.0. The van der Waals surface area contributed by atoms with Crippen molar-refractivity contribution in [3.63, 3.8) is 0 Å². The Morgan fingerprint density at radius 1 is 1.25 bits per heavy atom. The standard InChI is InChI=1S/C21H28N4O3/c1-15-7-5-6-10-25(15)17-12-24(13-17)21(26)18-11-16(22-23-18)14-28-20-9-4-3-8-19(20)27-2/h3-4,8-9,11,15,17H,5-7,10,12-14H2,1-2H3,(H,22,23)/t15-/m1/s1. The average molecular weight is 384 g/mol. The summed E-state index contributed by atoms with van der Waals surface area (Å²) in [6.45, 7) is 5.34. The molecule has 150 valence electrons. The Bertz CT molecular complexity index is 815. The normalized spacial score (nSPS) is 20.6. The Labute approximate surface area is 165 Å². The van der Waals surface area contributed by atoms with Gasteiger partial charge in [-0.05, 0) is 44.5 Å². The zero-order valence-electron chi connectivity index (χ0n) is 16.6. The minimum absolute atomic E-state index is 0.0132. The summed E-state index contributed by atoms with van der Waals surface area (Å²) in [5.74, 6) is 1.33. The molecule has 0 radical (unpaired) electrons. The van der Waals surface area contributed by atoms with Crippen molar-refractivity contribution in [1.82, 2.24) is 20.0 Å². The van der Waals surface area contributed by atoms with E-state index in [1.165, 1.54) is 19.3 Å². The van der Waals surface area contributed by atoms with Gasteiger partial charge in [-0.3, -0.25) is 14.8 Å². The third-order valence-electron chi connectivity index (χ3n) is 5.78. The number of amides is 1. The third-order valence-corrected chi connectivity index (χ3v) is 5.78. The van der Waals surface area contributed by atoms with Crippen molar-refractivity contribution in [2.24, 2.45) is 0 Å². The van der Waals surface area contributed by atoms with Gasteiger partial charge in [-0.15, -0.1) is 0 Å². The molecule has 7 nitrogen and oxygen atoms in total. The summed E-state index contributed by atoms with van der Waals surface area (Å²) in [6, 6.07) is 10.4. The smallest absolute Gasteiger partial charge is 0.274 e. The molecule has 1 atom stereocenters. The maximum atomic E-state index is 12.7. The summed E-state index contributed by atoms with van der Waals surface area (Å²) in [4.78, 5) is 17.1. The topological polar surface area (TPSA) is 70.7 Å². The quantitative estimate of drug-likeness (QED) is 0.829. The van der Waals surface area contributed by atoms with E-state index in [9.17, 15) is 4.79 Å². The van der Waals surface area contributed by atoms with Crippen molar-refractivity contribution in [2.45, 2.75) is 44.9 Å². The van der Waals surface area contributed by atoms with E-state index in [2.05, 4.69) is 22.0 Å². The molecule has 28 heavy (non-hydrogen) atoms. The van der Waals surface area contributed by atoms with Crippen LogP contribution in [0.5, 0.6) is 11.5 Å². The molecule has 2 saturated heterocycles. The van der Waals surface area contributed by atoms with Crippen LogP contribution in [0.1, 0.15) is 42.4 Å². The number of hydrogen-bond acceptors (Lipinski definition) is 5. The minimum atomic E-state index is -0.0132. The molecular weight excluding hydrogens is 356 g/mol. The number of benzene rings is 1. The number of nitrogens with zero attached hydrogens (tertiary/aromatic N) is 3. The lowest BCUT2D eigenvalue weighted by Gasteiger charge is -2.49. The van der Waals surface area contributed by atoms with Crippen LogP contribution in [-0.2, 0) is 6.61 Å². The number of aromatic nitrogens is 2. The van der Waals surface area contributed by atoms with Crippen LogP contribution < -0.4 is 9.47 Å². The molecule has 2 aromatic rings. The second kappa shape index (κ2) is 8.22. The van der Waals surface area contributed by atoms with Gasteiger partial charge < -0.3 is 14.4 Å². The van der Waals surface area contributed by atoms with Gasteiger partial charge in [-0.2, -0.15) is 5.10 Å². The van der Waals surface area contributed by atoms with E-state index in [-0.39, 0.29) is 5.91 Å². The van der Waals surface area contributed by atoms with Crippen molar-refractivity contribution in [1.29, 1.82) is 0 Å². The van der Waals surface area contributed by atoms with E-state index in [1.54, 1.807) is 13.2 Å². The van der Waals surface area contributed by atoms with Gasteiger partial charge >= 0.3 is 0 Å². The van der Waals surface area contributed by atoms with Gasteiger partial charge in [0.25, 0.3) is 5.91 Å². The number of hydrogen-bond donors (Lipinski definition) is 1. The molecule has 0 saturated carbocycles. The van der Waals surface area contributed by atoms with E-state index < -0.39 is 0 Å². The Balaban J connectivity index is 1.30. The molecule has 0 bridgehead atoms. The van der Waals surface area contributed by atoms with Crippen LogP contribution in [-0.4, -0.2) is 64.7 Å². The SMILES string of the molecule is COc1ccccc1OCc1cc(C(=O)N2CC(N3CCCC[C@H]3C)C2)n[nH]1. The summed E-state index contributed by atoms with van der Waals surface area (Å²) in [6.07, 6.45) is 3.85. The second-order valence-corrected chi connectivity index (χ2v) is 7.66. The molecule has 0 unspecified atom stereocenters. The van der Waals surface area contributed by atoms with Crippen molar-refractivity contribution in [3.05, 3.63) is 41.7 Å². The maximum Gasteiger partial charge on any atom is 0.274 e. The fourth-order valence-electron chi connectivity index (χ4n) is 4.09. The average Bonchev–Trinajstić information content (AvgIpc) is 3.16. The van der Waals surface area contributed by atoms with Gasteiger partial charge in [0, 0.05) is 25.2 Å². The minimum Gasteiger partial charge on any atom is -0.493 e. The van der Waals surface area contributed by atoms with Crippen molar-refractivity contribution >= 4 is 5.91 Å². The molecule has 2 fully saturated rings. The Hall–Kier alpha value is -2.54. The maximum absolute atomic E-state index is 12.7. The first-order chi connectivity index (χ1) is 13.7. The Kier molecular flexibility index (Phi) is 5.52. The van der Waals surface area contributed by atoms with Crippen LogP contribution in [0.15, 0.2) is 30.3 Å². The summed E-state index contributed by atoms with van der Waals surface area (Å²) >= 11 is 0. The predicted molar refractivity (Wildman–Crippen MR) is 106 cm³/mol. The number of carbonyl (C=O) groups is 1. The van der Waals surface area contributed by atoms with Gasteiger partial charge in [0.1, 0.15) is 6.61 Å². The van der Waals surface area contributed by atoms with Crippen molar-refractivity contribution in [3.8, 4) is 11.5 Å². The van der Waals surface area contributed by atoms with Gasteiger partial charge in [0.05, 0.1) is 12.8 Å². The Morgan fingerprint density at radius 3 is 2.79 bits per heavy atom. The largest absolute Gasteiger partial charge is 0.493 e. The predicted octanol–water partition coefficient (Wildman–Crippen LogP) is 2.70. The summed E-state index contributed by atoms with van der Waals surface area (Å²) in [5.41, 5.74) is 1.21. The van der Waals surface area contributed by atoms with E-state index >= 15 is 0 Å². The number of nitrogens with one attached hydrogen (secondary N) is 1. The zero-order chi connectivity index (χ0) is 19.5. The lowest BCUT2D eigenvalue weighted by Crippen LogP contribution is -2.63. The number of likely N-dealkylation sites (tertiary alicyclic amines) is 2. The van der Waals surface area contributed by atoms with Crippen molar-refractivity contribution < 1.29 is 14.3 Å². The molecule has 3 heterocycles. The number of para-hydroxylation sites is 2. The second-order valence-electron chi connectivity index (χ2n) is 7.66. The van der Waals surface area contributed by atoms with Gasteiger partial charge in [0.15, 0.2) is 17.2 Å². The monoisotopic (exact) mass is 384 g/mol. The molecule has 1 N–H and O–H groups in total. The highest BCUT2D eigenvalue weighted by Gasteiger charge is 2.38. The molecule has 0 spiro atoms. The molecule has 2 aliphatic heterocycles. The number of rotatable bonds is 6. The molecule has 1 amide bonds. The van der Waals surface area contributed by atoms with Crippen LogP contribution in [0.3, 0.4) is 0 Å². The Morgan fingerprint density at radius 2 is 2.04 bits per heavy atom. The molecule has 1 aromatic heterocycles. The molecule has 7 heteroatoms. The first kappa shape index (κ1) is 18.8. The number of piperidine rings is 1. The van der Waals surface area contributed by atoms with Crippen LogP contribution in [0.25, 0.3) is 0 Å². The highest BCUT2D eigenvalue weighted by molar-refractivity contribution is 5.93. The number of ether oxygens (including phenoxy) is 2. The summed E-state index contributed by atoms with van der Waals surface area (Å²) < 4.78 is 11.1. The number of carbonyl (C=O) groups excluding carboxylic acids is 1. The summed E-state index contributed by atoms with van der Waals surface area (Å²) in [7, 11) is 1.61. The number of methoxy groups -OCH3 is 1. The third kappa shape index (κ3) is 3.85. The van der Waals surface area contributed by atoms with Crippen LogP contribution in [0.2, 0.25) is 0 Å². The zero-order valence-corrected chi connectivity index (χ0v) is 16.6. The van der Waals surface area contributed by atoms with Crippen molar-refractivity contribution in [2.75, 3.05) is 26.7 Å². The van der Waals surface area contributed by atoms with E-state index in [4.69, 9.17) is 9.47 Å². The fraction of sp³-hybridized carbons (Fsp3) is 0.524. The molecular formula is C21H28N4O3. The summed E-state index contributed by atoms with van der Waals surface area (Å²) in [5, 5.41) is 7.09. The molecule has 0 aliphatic carbocycles. The lowest BCUT2D eigenvalue weighted by atomic mass is 9.97. The van der Waals surface area contributed by atoms with Crippen LogP contribution in [0.4, 0.5) is 0 Å². The van der Waals surface area contributed by atoms with Gasteiger partial charge in [-0.1, -0.05) is 18.6 Å². The van der Waals surface area contributed by atoms with E-state index in [0.717, 1.165) is 25.3 Å². The number of aromatic amines is 1. The highest BCUT2D eigenvalue weighted by atomic mass is 16.5. The number of H-pyrrole nitrogens is 1. The lowest BCUT2D eigenvalue weighted by molar-refractivity contribution is 0.00181. The van der Waals surface area contributed by atoms with E-state index in [1.807, 2.05) is 29.2 Å². The van der Waals surface area contributed by atoms with Gasteiger partial charge in [-0.25, -0.2) is 0 Å². The molecule has 4 rings (SSSR count). The first-order valence-electron chi connectivity index (χ1n) is 10.0. The van der Waals surface area contributed by atoms with E-state index in [0.29, 0.717) is 35.9 Å². The molecule has 2 aliphatic rings. The van der Waals surface area contributed by atoms with Crippen LogP contribution in [0, 0.1) is 0 Å². The molecule has 1 aromatic carbocycles. The van der Waals surface area contributed by atoms with Crippen LogP contribution >= 0.6 is 0 Å². The highest BCUT2D eigenvalue weighted by Crippen LogP contribution is 2.27. The van der Waals surface area contributed by atoms with Gasteiger partial charge in [0.2, 0.25) is 0 Å².